The lowest BCUT2D eigenvalue weighted by atomic mass is 10.0. The predicted molar refractivity (Wildman–Crippen MR) is 92.9 cm³/mol. The van der Waals surface area contributed by atoms with E-state index in [4.69, 9.17) is 10.1 Å². The molecule has 4 nitrogen and oxygen atoms in total. The fourth-order valence-electron chi connectivity index (χ4n) is 3.20. The van der Waals surface area contributed by atoms with Crippen molar-refractivity contribution in [2.45, 2.75) is 26.7 Å². The van der Waals surface area contributed by atoms with Gasteiger partial charge in [0.25, 0.3) is 0 Å². The third kappa shape index (κ3) is 2.18. The number of nitrogens with zero attached hydrogens (tertiary/aromatic N) is 4. The van der Waals surface area contributed by atoms with Crippen LogP contribution in [0.3, 0.4) is 0 Å². The molecule has 23 heavy (non-hydrogen) atoms. The summed E-state index contributed by atoms with van der Waals surface area (Å²) in [6, 6.07) is 14.2. The van der Waals surface area contributed by atoms with Crippen molar-refractivity contribution >= 4 is 21.9 Å². The van der Waals surface area contributed by atoms with E-state index < -0.39 is 0 Å². The van der Waals surface area contributed by atoms with Gasteiger partial charge in [-0.05, 0) is 37.1 Å². The molecule has 0 radical (unpaired) electrons. The lowest BCUT2D eigenvalue weighted by Gasteiger charge is -2.08. The van der Waals surface area contributed by atoms with Crippen molar-refractivity contribution < 1.29 is 0 Å². The van der Waals surface area contributed by atoms with Gasteiger partial charge in [-0.2, -0.15) is 9.78 Å². The van der Waals surface area contributed by atoms with Crippen LogP contribution in [0.1, 0.15) is 24.6 Å². The molecule has 4 heteroatoms. The molecule has 0 saturated heterocycles. The zero-order chi connectivity index (χ0) is 15.8. The minimum atomic E-state index is 0.802. The molecule has 0 spiro atoms. The standard InChI is InChI=1S/C19H18N4/c1-3-8-15-14-9-4-5-10-16(14)21-19-18(15)13(2)22-23(19)17-11-6-7-12-20-17/h4-7,9-12H,3,8H2,1-2H3. The Morgan fingerprint density at radius 2 is 1.87 bits per heavy atom. The van der Waals surface area contributed by atoms with Gasteiger partial charge in [0.05, 0.1) is 11.2 Å². The summed E-state index contributed by atoms with van der Waals surface area (Å²) in [5.41, 5.74) is 4.25. The van der Waals surface area contributed by atoms with Gasteiger partial charge in [0.1, 0.15) is 0 Å². The van der Waals surface area contributed by atoms with Gasteiger partial charge in [0.15, 0.2) is 11.5 Å². The summed E-state index contributed by atoms with van der Waals surface area (Å²) >= 11 is 0. The van der Waals surface area contributed by atoms with Crippen molar-refractivity contribution in [3.8, 4) is 5.82 Å². The molecule has 0 atom stereocenters. The Balaban J connectivity index is 2.13. The zero-order valence-electron chi connectivity index (χ0n) is 13.3. The Bertz CT molecular complexity index is 987. The second-order valence-electron chi connectivity index (χ2n) is 5.74. The molecular formula is C19H18N4. The molecule has 0 unspecified atom stereocenters. The average Bonchev–Trinajstić information content (AvgIpc) is 2.92. The molecule has 0 saturated carbocycles. The van der Waals surface area contributed by atoms with Crippen molar-refractivity contribution in [1.29, 1.82) is 0 Å². The van der Waals surface area contributed by atoms with Crippen molar-refractivity contribution in [2.75, 3.05) is 0 Å². The molecule has 114 valence electrons. The maximum absolute atomic E-state index is 4.88. The Morgan fingerprint density at radius 1 is 1.04 bits per heavy atom. The van der Waals surface area contributed by atoms with Crippen LogP contribution in [-0.2, 0) is 6.42 Å². The van der Waals surface area contributed by atoms with E-state index in [9.17, 15) is 0 Å². The zero-order valence-corrected chi connectivity index (χ0v) is 13.3. The fourth-order valence-corrected chi connectivity index (χ4v) is 3.20. The second kappa shape index (κ2) is 5.47. The van der Waals surface area contributed by atoms with Crippen LogP contribution in [0.25, 0.3) is 27.8 Å². The molecule has 0 N–H and O–H groups in total. The highest BCUT2D eigenvalue weighted by molar-refractivity contribution is 5.97. The summed E-state index contributed by atoms with van der Waals surface area (Å²) < 4.78 is 1.86. The van der Waals surface area contributed by atoms with Crippen LogP contribution >= 0.6 is 0 Å². The lowest BCUT2D eigenvalue weighted by molar-refractivity contribution is 0.848. The van der Waals surface area contributed by atoms with Crippen molar-refractivity contribution in [3.05, 3.63) is 59.9 Å². The van der Waals surface area contributed by atoms with Gasteiger partial charge in [0.2, 0.25) is 0 Å². The van der Waals surface area contributed by atoms with E-state index in [1.807, 2.05) is 28.9 Å². The minimum absolute atomic E-state index is 0.802. The van der Waals surface area contributed by atoms with Gasteiger partial charge in [-0.3, -0.25) is 0 Å². The molecule has 0 aliphatic carbocycles. The number of benzene rings is 1. The maximum atomic E-state index is 4.88. The van der Waals surface area contributed by atoms with Gasteiger partial charge in [-0.15, -0.1) is 0 Å². The number of pyridine rings is 2. The molecular weight excluding hydrogens is 284 g/mol. The molecule has 0 aliphatic heterocycles. The SMILES string of the molecule is CCCc1c2ccccc2nc2c1c(C)nn2-c1ccccn1. The van der Waals surface area contributed by atoms with Crippen molar-refractivity contribution in [2.24, 2.45) is 0 Å². The van der Waals surface area contributed by atoms with Crippen LogP contribution in [0.2, 0.25) is 0 Å². The van der Waals surface area contributed by atoms with Gasteiger partial charge in [0, 0.05) is 17.0 Å². The Kier molecular flexibility index (Phi) is 3.30. The number of aromatic nitrogens is 4. The van der Waals surface area contributed by atoms with Crippen LogP contribution < -0.4 is 0 Å². The number of aryl methyl sites for hydroxylation is 2. The first kappa shape index (κ1) is 13.9. The molecule has 3 heterocycles. The molecule has 0 aliphatic rings. The number of hydrogen-bond donors (Lipinski definition) is 0. The first-order chi connectivity index (χ1) is 11.3. The Labute approximate surface area is 134 Å². The van der Waals surface area contributed by atoms with Crippen molar-refractivity contribution in [1.82, 2.24) is 19.7 Å². The number of hydrogen-bond acceptors (Lipinski definition) is 3. The summed E-state index contributed by atoms with van der Waals surface area (Å²) in [6.45, 7) is 4.26. The second-order valence-corrected chi connectivity index (χ2v) is 5.74. The molecule has 0 fully saturated rings. The van der Waals surface area contributed by atoms with Crippen LogP contribution in [0, 0.1) is 6.92 Å². The fraction of sp³-hybridized carbons (Fsp3) is 0.211. The lowest BCUT2D eigenvalue weighted by Crippen LogP contribution is -2.01. The summed E-state index contributed by atoms with van der Waals surface area (Å²) in [4.78, 5) is 9.31. The number of para-hydroxylation sites is 1. The van der Waals surface area contributed by atoms with Crippen molar-refractivity contribution in [3.63, 3.8) is 0 Å². The summed E-state index contributed by atoms with van der Waals surface area (Å²) in [6.07, 6.45) is 3.90. The molecule has 0 amide bonds. The maximum Gasteiger partial charge on any atom is 0.165 e. The van der Waals surface area contributed by atoms with E-state index in [1.165, 1.54) is 10.9 Å². The Hall–Kier alpha value is -2.75. The predicted octanol–water partition coefficient (Wildman–Crippen LogP) is 4.23. The van der Waals surface area contributed by atoms with Gasteiger partial charge in [-0.1, -0.05) is 37.6 Å². The Morgan fingerprint density at radius 3 is 2.65 bits per heavy atom. The number of fused-ring (bicyclic) bond motifs is 2. The van der Waals surface area contributed by atoms with E-state index in [0.717, 1.165) is 40.9 Å². The van der Waals surface area contributed by atoms with Gasteiger partial charge in [-0.25, -0.2) is 9.97 Å². The van der Waals surface area contributed by atoms with Crippen LogP contribution in [0.15, 0.2) is 48.7 Å². The first-order valence-electron chi connectivity index (χ1n) is 7.98. The highest BCUT2D eigenvalue weighted by atomic mass is 15.3. The van der Waals surface area contributed by atoms with E-state index in [1.54, 1.807) is 6.20 Å². The molecule has 4 aromatic rings. The summed E-state index contributed by atoms with van der Waals surface area (Å²) in [5, 5.41) is 7.11. The monoisotopic (exact) mass is 302 g/mol. The highest BCUT2D eigenvalue weighted by Gasteiger charge is 2.17. The largest absolute Gasteiger partial charge is 0.237 e. The van der Waals surface area contributed by atoms with Crippen LogP contribution in [0.4, 0.5) is 0 Å². The molecule has 4 rings (SSSR count). The normalized spacial score (nSPS) is 11.4. The van der Waals surface area contributed by atoms with Gasteiger partial charge < -0.3 is 0 Å². The quantitative estimate of drug-likeness (QED) is 0.569. The van der Waals surface area contributed by atoms with E-state index in [2.05, 4.69) is 37.0 Å². The van der Waals surface area contributed by atoms with E-state index in [0.29, 0.717) is 0 Å². The van der Waals surface area contributed by atoms with Crippen LogP contribution in [-0.4, -0.2) is 19.7 Å². The van der Waals surface area contributed by atoms with Gasteiger partial charge >= 0.3 is 0 Å². The van der Waals surface area contributed by atoms with E-state index >= 15 is 0 Å². The van der Waals surface area contributed by atoms with E-state index in [-0.39, 0.29) is 0 Å². The topological polar surface area (TPSA) is 43.6 Å². The molecule has 3 aromatic heterocycles. The highest BCUT2D eigenvalue weighted by Crippen LogP contribution is 2.30. The number of rotatable bonds is 3. The smallest absolute Gasteiger partial charge is 0.165 e. The third-order valence-corrected chi connectivity index (χ3v) is 4.16. The minimum Gasteiger partial charge on any atom is -0.237 e. The summed E-state index contributed by atoms with van der Waals surface area (Å²) in [7, 11) is 0. The summed E-state index contributed by atoms with van der Waals surface area (Å²) in [5.74, 6) is 0.802. The molecule has 1 aromatic carbocycles. The first-order valence-corrected chi connectivity index (χ1v) is 7.98. The average molecular weight is 302 g/mol. The third-order valence-electron chi connectivity index (χ3n) is 4.16. The molecule has 0 bridgehead atoms. The van der Waals surface area contributed by atoms with Crippen LogP contribution in [0.5, 0.6) is 0 Å².